The third-order valence-electron chi connectivity index (χ3n) is 4.55. The van der Waals surface area contributed by atoms with Crippen LogP contribution in [0.1, 0.15) is 5.56 Å². The van der Waals surface area contributed by atoms with Gasteiger partial charge in [-0.2, -0.15) is 4.91 Å². The van der Waals surface area contributed by atoms with Gasteiger partial charge >= 0.3 is 5.63 Å². The molecule has 5 atom stereocenters. The van der Waals surface area contributed by atoms with Crippen molar-refractivity contribution in [3.8, 4) is 11.5 Å². The summed E-state index contributed by atoms with van der Waals surface area (Å²) in [6.07, 6.45) is -5.41. The number of fused-ring (bicyclic) bond motifs is 1. The molecule has 0 amide bonds. The number of aliphatic hydroxyl groups is 3. The average molecular weight is 381 g/mol. The van der Waals surface area contributed by atoms with E-state index in [1.807, 2.05) is 0 Å². The van der Waals surface area contributed by atoms with Gasteiger partial charge in [0.1, 0.15) is 23.9 Å². The molecule has 3 rings (SSSR count). The number of phenolic OH excluding ortho intramolecular Hbond substituents is 1. The van der Waals surface area contributed by atoms with Crippen LogP contribution in [0.3, 0.4) is 0 Å². The number of aliphatic hydroxyl groups excluding tert-OH is 3. The molecule has 0 aliphatic carbocycles. The lowest BCUT2D eigenvalue weighted by atomic mass is 9.99. The van der Waals surface area contributed by atoms with Gasteiger partial charge in [-0.05, 0) is 18.6 Å². The second-order valence-electron chi connectivity index (χ2n) is 6.35. The summed E-state index contributed by atoms with van der Waals surface area (Å²) in [6.45, 7) is 0.836. The van der Waals surface area contributed by atoms with Crippen molar-refractivity contribution in [1.29, 1.82) is 0 Å². The highest BCUT2D eigenvalue weighted by Crippen LogP contribution is 2.34. The van der Waals surface area contributed by atoms with Crippen LogP contribution in [0.15, 0.2) is 32.6 Å². The molecule has 0 radical (unpaired) electrons. The zero-order valence-electron chi connectivity index (χ0n) is 14.3. The van der Waals surface area contributed by atoms with Crippen LogP contribution in [-0.4, -0.2) is 64.1 Å². The Hall–Kier alpha value is -2.53. The van der Waals surface area contributed by atoms with Crippen LogP contribution >= 0.6 is 0 Å². The van der Waals surface area contributed by atoms with Crippen LogP contribution in [0.5, 0.6) is 11.5 Å². The molecule has 0 saturated carbocycles. The van der Waals surface area contributed by atoms with Gasteiger partial charge in [-0.1, -0.05) is 5.18 Å². The highest BCUT2D eigenvalue weighted by Gasteiger charge is 2.43. The summed E-state index contributed by atoms with van der Waals surface area (Å²) in [7, 11) is 0. The van der Waals surface area contributed by atoms with Gasteiger partial charge in [0.2, 0.25) is 0 Å². The molecule has 5 unspecified atom stereocenters. The van der Waals surface area contributed by atoms with Gasteiger partial charge in [0.05, 0.1) is 13.2 Å². The van der Waals surface area contributed by atoms with E-state index >= 15 is 0 Å². The molecule has 1 saturated heterocycles. The first kappa shape index (κ1) is 19.2. The van der Waals surface area contributed by atoms with Crippen LogP contribution in [0.2, 0.25) is 0 Å². The predicted molar refractivity (Wildman–Crippen MR) is 91.7 cm³/mol. The number of aryl methyl sites for hydroxylation is 1. The molecule has 146 valence electrons. The summed E-state index contributed by atoms with van der Waals surface area (Å²) in [5, 5.41) is 42.9. The Morgan fingerprint density at radius 1 is 1.26 bits per heavy atom. The smallest absolute Gasteiger partial charge is 0.336 e. The molecular formula is C17H19NO9. The van der Waals surface area contributed by atoms with Crippen LogP contribution in [-0.2, 0) is 4.74 Å². The molecule has 2 aromatic rings. The van der Waals surface area contributed by atoms with E-state index in [-0.39, 0.29) is 23.7 Å². The highest BCUT2D eigenvalue weighted by molar-refractivity contribution is 5.83. The fourth-order valence-electron chi connectivity index (χ4n) is 3.04. The second-order valence-corrected chi connectivity index (χ2v) is 6.35. The van der Waals surface area contributed by atoms with E-state index in [9.17, 15) is 30.1 Å². The van der Waals surface area contributed by atoms with E-state index in [0.717, 1.165) is 0 Å². The molecular weight excluding hydrogens is 362 g/mol. The number of nitroso groups, excluding NO2 is 1. The summed E-state index contributed by atoms with van der Waals surface area (Å²) >= 11 is 0. The lowest BCUT2D eigenvalue weighted by Crippen LogP contribution is -2.47. The van der Waals surface area contributed by atoms with E-state index in [1.54, 1.807) is 6.92 Å². The molecule has 1 aliphatic heterocycles. The van der Waals surface area contributed by atoms with Crippen LogP contribution in [0.25, 0.3) is 11.0 Å². The van der Waals surface area contributed by atoms with E-state index in [4.69, 9.17) is 13.9 Å². The first-order valence-electron chi connectivity index (χ1n) is 8.21. The van der Waals surface area contributed by atoms with Gasteiger partial charge in [-0.3, -0.25) is 0 Å². The van der Waals surface area contributed by atoms with Crippen LogP contribution in [0, 0.1) is 11.8 Å². The van der Waals surface area contributed by atoms with Gasteiger partial charge in [0.25, 0.3) is 0 Å². The number of nitrogens with zero attached hydrogens (tertiary/aromatic N) is 1. The Labute approximate surface area is 152 Å². The van der Waals surface area contributed by atoms with E-state index < -0.39 is 42.7 Å². The zero-order valence-corrected chi connectivity index (χ0v) is 14.3. The number of hydrogen-bond acceptors (Lipinski definition) is 10. The summed E-state index contributed by atoms with van der Waals surface area (Å²) in [4.78, 5) is 22.7. The molecule has 2 heterocycles. The number of hydrogen-bond donors (Lipinski definition) is 4. The Kier molecular flexibility index (Phi) is 5.42. The second kappa shape index (κ2) is 7.61. The monoisotopic (exact) mass is 381 g/mol. The first-order valence-corrected chi connectivity index (χ1v) is 8.21. The van der Waals surface area contributed by atoms with Crippen molar-refractivity contribution in [3.63, 3.8) is 0 Å². The van der Waals surface area contributed by atoms with Crippen molar-refractivity contribution in [2.24, 2.45) is 5.18 Å². The van der Waals surface area contributed by atoms with Crippen molar-refractivity contribution >= 4 is 11.0 Å². The summed E-state index contributed by atoms with van der Waals surface area (Å²) in [6, 6.07) is 2.49. The minimum Gasteiger partial charge on any atom is -0.504 e. The summed E-state index contributed by atoms with van der Waals surface area (Å²) in [5.41, 5.74) is 0.175. The van der Waals surface area contributed by atoms with Crippen molar-refractivity contribution in [2.75, 3.05) is 13.2 Å². The Bertz CT molecular complexity index is 896. The zero-order chi connectivity index (χ0) is 19.7. The third kappa shape index (κ3) is 3.65. The quantitative estimate of drug-likeness (QED) is 0.415. The summed E-state index contributed by atoms with van der Waals surface area (Å²) in [5.74, 6) is -0.412. The molecule has 10 nitrogen and oxygen atoms in total. The van der Waals surface area contributed by atoms with Crippen molar-refractivity contribution in [2.45, 2.75) is 37.4 Å². The van der Waals surface area contributed by atoms with E-state index in [2.05, 4.69) is 5.18 Å². The molecule has 1 aliphatic rings. The van der Waals surface area contributed by atoms with Gasteiger partial charge in [0.15, 0.2) is 23.6 Å². The molecule has 4 N–H and O–H groups in total. The molecule has 10 heteroatoms. The third-order valence-corrected chi connectivity index (χ3v) is 4.55. The molecule has 1 fully saturated rings. The van der Waals surface area contributed by atoms with Gasteiger partial charge in [0, 0.05) is 17.5 Å². The van der Waals surface area contributed by atoms with Crippen molar-refractivity contribution < 1.29 is 34.3 Å². The largest absolute Gasteiger partial charge is 0.504 e. The van der Waals surface area contributed by atoms with Gasteiger partial charge in [-0.25, -0.2) is 4.79 Å². The standard InChI is InChI=1S/C17H19NO9/c1-7-2-14(21)27-10-4-9(20)11(3-8(7)10)26-13-6-25-12(5-19)16(22)17(23)15(13)18-24/h2-4,12-13,15-17,19-20,22-23H,5-6H2,1H3. The molecule has 0 spiro atoms. The fourth-order valence-corrected chi connectivity index (χ4v) is 3.04. The maximum atomic E-state index is 11.4. The first-order chi connectivity index (χ1) is 12.8. The Morgan fingerprint density at radius 3 is 2.67 bits per heavy atom. The highest BCUT2D eigenvalue weighted by atomic mass is 16.6. The molecule has 1 aromatic heterocycles. The predicted octanol–water partition coefficient (Wildman–Crippen LogP) is -0.198. The maximum Gasteiger partial charge on any atom is 0.336 e. The SMILES string of the molecule is Cc1cc(=O)oc2cc(O)c(OC3COC(CO)C(O)C(O)C3N=O)cc12. The minimum absolute atomic E-state index is 0.0502. The average Bonchev–Trinajstić information content (AvgIpc) is 2.73. The Balaban J connectivity index is 1.96. The normalized spacial score (nSPS) is 28.7. The minimum atomic E-state index is -1.63. The van der Waals surface area contributed by atoms with Crippen LogP contribution in [0.4, 0.5) is 0 Å². The lowest BCUT2D eigenvalue weighted by molar-refractivity contribution is -0.0918. The molecule has 0 bridgehead atoms. The van der Waals surface area contributed by atoms with Crippen molar-refractivity contribution in [3.05, 3.63) is 39.1 Å². The lowest BCUT2D eigenvalue weighted by Gasteiger charge is -2.25. The molecule has 1 aromatic carbocycles. The number of benzene rings is 1. The van der Waals surface area contributed by atoms with Gasteiger partial charge in [-0.15, -0.1) is 0 Å². The topological polar surface area (TPSA) is 159 Å². The fraction of sp³-hybridized carbons (Fsp3) is 0.471. The number of phenols is 1. The van der Waals surface area contributed by atoms with Gasteiger partial charge < -0.3 is 34.3 Å². The Morgan fingerprint density at radius 2 is 2.00 bits per heavy atom. The maximum absolute atomic E-state index is 11.4. The van der Waals surface area contributed by atoms with E-state index in [0.29, 0.717) is 10.9 Å². The number of ether oxygens (including phenoxy) is 2. The van der Waals surface area contributed by atoms with Crippen LogP contribution < -0.4 is 10.4 Å². The van der Waals surface area contributed by atoms with Crippen molar-refractivity contribution in [1.82, 2.24) is 0 Å². The summed E-state index contributed by atoms with van der Waals surface area (Å²) < 4.78 is 16.0. The molecule has 27 heavy (non-hydrogen) atoms. The number of aromatic hydroxyl groups is 1. The van der Waals surface area contributed by atoms with E-state index in [1.165, 1.54) is 18.2 Å². The number of rotatable bonds is 4.